The molecular formula is C16H25N3O2. The normalized spacial score (nSPS) is 15.6. The Balaban J connectivity index is 2.16. The van der Waals surface area contributed by atoms with Gasteiger partial charge in [0.15, 0.2) is 0 Å². The molecule has 0 bridgehead atoms. The lowest BCUT2D eigenvalue weighted by atomic mass is 10.1. The van der Waals surface area contributed by atoms with Crippen molar-refractivity contribution in [3.8, 4) is 5.75 Å². The van der Waals surface area contributed by atoms with Crippen LogP contribution in [0.1, 0.15) is 36.8 Å². The van der Waals surface area contributed by atoms with E-state index in [0.717, 1.165) is 12.1 Å². The molecule has 0 radical (unpaired) electrons. The molecule has 1 aromatic carbocycles. The summed E-state index contributed by atoms with van der Waals surface area (Å²) < 4.78 is 5.24. The minimum absolute atomic E-state index is 0.0169. The molecule has 5 heteroatoms. The first-order valence-corrected chi connectivity index (χ1v) is 7.52. The Morgan fingerprint density at radius 3 is 2.71 bits per heavy atom. The van der Waals surface area contributed by atoms with E-state index in [9.17, 15) is 5.11 Å². The summed E-state index contributed by atoms with van der Waals surface area (Å²) in [6.45, 7) is 1.63. The fraction of sp³-hybridized carbons (Fsp3) is 0.562. The third-order valence-electron chi connectivity index (χ3n) is 4.17. The highest BCUT2D eigenvalue weighted by atomic mass is 16.5. The molecule has 0 aliphatic heterocycles. The zero-order valence-corrected chi connectivity index (χ0v) is 12.6. The Bertz CT molecular complexity index is 484. The lowest BCUT2D eigenvalue weighted by Gasteiger charge is -2.28. The lowest BCUT2D eigenvalue weighted by Crippen LogP contribution is -2.35. The molecule has 1 fully saturated rings. The van der Waals surface area contributed by atoms with E-state index in [-0.39, 0.29) is 12.4 Å². The van der Waals surface area contributed by atoms with Crippen LogP contribution in [0.2, 0.25) is 0 Å². The van der Waals surface area contributed by atoms with Crippen LogP contribution in [0.15, 0.2) is 18.2 Å². The van der Waals surface area contributed by atoms with Crippen molar-refractivity contribution in [2.45, 2.75) is 38.3 Å². The molecule has 1 aliphatic carbocycles. The van der Waals surface area contributed by atoms with Crippen molar-refractivity contribution >= 4 is 5.84 Å². The molecule has 4 N–H and O–H groups in total. The molecule has 2 rings (SSSR count). The number of hydrogen-bond acceptors (Lipinski definition) is 4. The standard InChI is InChI=1S/C16H25N3O2/c1-21-15-7-6-12(10-14(15)16(17)18)11-19(8-9-20)13-4-2-3-5-13/h6-7,10,13,20H,2-5,8-9,11H2,1H3,(H3,17,18). The molecule has 0 spiro atoms. The molecule has 1 saturated carbocycles. The van der Waals surface area contributed by atoms with Gasteiger partial charge in [-0.2, -0.15) is 0 Å². The number of ether oxygens (including phenoxy) is 1. The van der Waals surface area contributed by atoms with Gasteiger partial charge in [-0.15, -0.1) is 0 Å². The van der Waals surface area contributed by atoms with Crippen LogP contribution in [-0.2, 0) is 6.54 Å². The minimum atomic E-state index is 0.0169. The molecule has 0 amide bonds. The largest absolute Gasteiger partial charge is 0.496 e. The fourth-order valence-electron chi connectivity index (χ4n) is 3.09. The van der Waals surface area contributed by atoms with Gasteiger partial charge in [-0.25, -0.2) is 0 Å². The summed E-state index contributed by atoms with van der Waals surface area (Å²) in [7, 11) is 1.58. The quantitative estimate of drug-likeness (QED) is 0.527. The van der Waals surface area contributed by atoms with Gasteiger partial charge in [-0.3, -0.25) is 10.3 Å². The summed E-state index contributed by atoms with van der Waals surface area (Å²) in [6, 6.07) is 6.34. The summed E-state index contributed by atoms with van der Waals surface area (Å²) in [5.41, 5.74) is 7.35. The second-order valence-electron chi connectivity index (χ2n) is 5.58. The maximum Gasteiger partial charge on any atom is 0.129 e. The zero-order valence-electron chi connectivity index (χ0n) is 12.6. The molecule has 1 aromatic rings. The van der Waals surface area contributed by atoms with Crippen molar-refractivity contribution < 1.29 is 9.84 Å². The van der Waals surface area contributed by atoms with Gasteiger partial charge in [0.1, 0.15) is 11.6 Å². The van der Waals surface area contributed by atoms with Crippen molar-refractivity contribution in [3.63, 3.8) is 0 Å². The Morgan fingerprint density at radius 1 is 1.43 bits per heavy atom. The Morgan fingerprint density at radius 2 is 2.14 bits per heavy atom. The van der Waals surface area contributed by atoms with Gasteiger partial charge >= 0.3 is 0 Å². The van der Waals surface area contributed by atoms with Crippen LogP contribution in [0.3, 0.4) is 0 Å². The molecule has 1 aliphatic rings. The monoisotopic (exact) mass is 291 g/mol. The van der Waals surface area contributed by atoms with Gasteiger partial charge in [0.05, 0.1) is 19.3 Å². The first kappa shape index (κ1) is 15.8. The predicted octanol–water partition coefficient (Wildman–Crippen LogP) is 1.72. The first-order chi connectivity index (χ1) is 10.2. The molecule has 0 unspecified atom stereocenters. The number of methoxy groups -OCH3 is 1. The summed E-state index contributed by atoms with van der Waals surface area (Å²) in [4.78, 5) is 2.33. The van der Waals surface area contributed by atoms with E-state index in [1.807, 2.05) is 18.2 Å². The number of nitrogens with one attached hydrogen (secondary N) is 1. The van der Waals surface area contributed by atoms with E-state index in [2.05, 4.69) is 4.90 Å². The van der Waals surface area contributed by atoms with Crippen LogP contribution in [0.4, 0.5) is 0 Å². The van der Waals surface area contributed by atoms with Crippen LogP contribution < -0.4 is 10.5 Å². The molecule has 5 nitrogen and oxygen atoms in total. The average Bonchev–Trinajstić information content (AvgIpc) is 3.00. The van der Waals surface area contributed by atoms with E-state index in [1.54, 1.807) is 7.11 Å². The molecule has 0 heterocycles. The van der Waals surface area contributed by atoms with Crippen LogP contribution in [0.25, 0.3) is 0 Å². The van der Waals surface area contributed by atoms with Crippen LogP contribution >= 0.6 is 0 Å². The third-order valence-corrected chi connectivity index (χ3v) is 4.17. The zero-order chi connectivity index (χ0) is 15.2. The molecule has 0 atom stereocenters. The van der Waals surface area contributed by atoms with E-state index in [1.165, 1.54) is 25.7 Å². The number of benzene rings is 1. The number of amidine groups is 1. The second kappa shape index (κ2) is 7.43. The van der Waals surface area contributed by atoms with Crippen molar-refractivity contribution in [1.29, 1.82) is 5.41 Å². The highest BCUT2D eigenvalue weighted by Crippen LogP contribution is 2.26. The van der Waals surface area contributed by atoms with Gasteiger partial charge in [0.25, 0.3) is 0 Å². The molecule has 0 aromatic heterocycles. The van der Waals surface area contributed by atoms with E-state index >= 15 is 0 Å². The summed E-state index contributed by atoms with van der Waals surface area (Å²) in [6.07, 6.45) is 4.95. The predicted molar refractivity (Wildman–Crippen MR) is 83.8 cm³/mol. The molecule has 116 valence electrons. The van der Waals surface area contributed by atoms with Crippen LogP contribution in [0, 0.1) is 5.41 Å². The summed E-state index contributed by atoms with van der Waals surface area (Å²) in [5, 5.41) is 16.9. The van der Waals surface area contributed by atoms with Gasteiger partial charge in [0.2, 0.25) is 0 Å². The van der Waals surface area contributed by atoms with Crippen molar-refractivity contribution in [2.75, 3.05) is 20.3 Å². The van der Waals surface area contributed by atoms with E-state index < -0.39 is 0 Å². The van der Waals surface area contributed by atoms with Crippen molar-refractivity contribution in [1.82, 2.24) is 4.90 Å². The number of nitrogens with zero attached hydrogens (tertiary/aromatic N) is 1. The SMILES string of the molecule is COc1ccc(CN(CCO)C2CCCC2)cc1C(=N)N. The number of aliphatic hydroxyl groups excluding tert-OH is 1. The highest BCUT2D eigenvalue weighted by Gasteiger charge is 2.22. The van der Waals surface area contributed by atoms with Gasteiger partial charge in [-0.05, 0) is 30.5 Å². The van der Waals surface area contributed by atoms with Gasteiger partial charge in [0, 0.05) is 19.1 Å². The Hall–Kier alpha value is -1.59. The second-order valence-corrected chi connectivity index (χ2v) is 5.58. The number of rotatable bonds is 7. The maximum absolute atomic E-state index is 9.28. The number of hydrogen-bond donors (Lipinski definition) is 3. The van der Waals surface area contributed by atoms with Gasteiger partial charge in [-0.1, -0.05) is 18.9 Å². The van der Waals surface area contributed by atoms with E-state index in [0.29, 0.717) is 23.9 Å². The van der Waals surface area contributed by atoms with Gasteiger partial charge < -0.3 is 15.6 Å². The number of nitrogen functional groups attached to an aromatic ring is 1. The number of nitrogens with two attached hydrogens (primary N) is 1. The highest BCUT2D eigenvalue weighted by molar-refractivity contribution is 5.97. The Kier molecular flexibility index (Phi) is 5.59. The first-order valence-electron chi connectivity index (χ1n) is 7.52. The van der Waals surface area contributed by atoms with Crippen molar-refractivity contribution in [2.24, 2.45) is 5.73 Å². The molecule has 0 saturated heterocycles. The minimum Gasteiger partial charge on any atom is -0.496 e. The third kappa shape index (κ3) is 3.95. The average molecular weight is 291 g/mol. The lowest BCUT2D eigenvalue weighted by molar-refractivity contribution is 0.145. The smallest absolute Gasteiger partial charge is 0.129 e. The Labute approximate surface area is 126 Å². The fourth-order valence-corrected chi connectivity index (χ4v) is 3.09. The van der Waals surface area contributed by atoms with Crippen LogP contribution in [0.5, 0.6) is 5.75 Å². The summed E-state index contributed by atoms with van der Waals surface area (Å²) in [5.74, 6) is 0.643. The van der Waals surface area contributed by atoms with Crippen LogP contribution in [-0.4, -0.2) is 42.1 Å². The maximum atomic E-state index is 9.28. The number of aliphatic hydroxyl groups is 1. The van der Waals surface area contributed by atoms with E-state index in [4.69, 9.17) is 15.9 Å². The van der Waals surface area contributed by atoms with Crippen molar-refractivity contribution in [3.05, 3.63) is 29.3 Å². The summed E-state index contributed by atoms with van der Waals surface area (Å²) >= 11 is 0. The molecular weight excluding hydrogens is 266 g/mol. The molecule has 21 heavy (non-hydrogen) atoms. The topological polar surface area (TPSA) is 82.6 Å².